The van der Waals surface area contributed by atoms with Crippen molar-refractivity contribution >= 4 is 58.6 Å². The number of nitrogens with one attached hydrogen (secondary N) is 1. The molecular formula is C18H19N7O6S3. The minimum atomic E-state index is -1.41. The van der Waals surface area contributed by atoms with Gasteiger partial charge in [0.05, 0.1) is 6.54 Å². The number of primary amides is 1. The summed E-state index contributed by atoms with van der Waals surface area (Å²) in [6, 6.07) is 2.37. The van der Waals surface area contributed by atoms with E-state index < -0.39 is 41.2 Å². The third-order valence-electron chi connectivity index (χ3n) is 5.05. The number of amides is 3. The molecular weight excluding hydrogens is 506 g/mol. The number of nitrogens with two attached hydrogens (primary N) is 1. The summed E-state index contributed by atoms with van der Waals surface area (Å²) in [6.07, 6.45) is -1.35. The summed E-state index contributed by atoms with van der Waals surface area (Å²) in [6.45, 7) is 0.190. The van der Waals surface area contributed by atoms with Gasteiger partial charge in [0.2, 0.25) is 11.1 Å². The molecule has 0 saturated carbocycles. The number of aliphatic hydroxyl groups excluding tert-OH is 1. The lowest BCUT2D eigenvalue weighted by Crippen LogP contribution is -2.70. The molecule has 0 aromatic carbocycles. The maximum atomic E-state index is 12.8. The molecule has 1 saturated heterocycles. The van der Waals surface area contributed by atoms with Crippen LogP contribution < -0.4 is 11.1 Å². The van der Waals surface area contributed by atoms with E-state index >= 15 is 0 Å². The second kappa shape index (κ2) is 10.1. The van der Waals surface area contributed by atoms with E-state index in [-0.39, 0.29) is 24.4 Å². The molecule has 0 bridgehead atoms. The average molecular weight is 526 g/mol. The van der Waals surface area contributed by atoms with Crippen LogP contribution in [-0.4, -0.2) is 81.9 Å². The van der Waals surface area contributed by atoms with Gasteiger partial charge in [0.15, 0.2) is 6.10 Å². The van der Waals surface area contributed by atoms with Gasteiger partial charge < -0.3 is 21.3 Å². The highest BCUT2D eigenvalue weighted by Gasteiger charge is 2.54. The molecule has 2 aromatic heterocycles. The first kappa shape index (κ1) is 24.2. The molecule has 180 valence electrons. The van der Waals surface area contributed by atoms with E-state index in [0.29, 0.717) is 21.4 Å². The number of thiophene rings is 1. The van der Waals surface area contributed by atoms with Crippen LogP contribution in [0.25, 0.3) is 0 Å². The van der Waals surface area contributed by atoms with Crippen LogP contribution in [0.4, 0.5) is 0 Å². The molecule has 2 aliphatic heterocycles. The van der Waals surface area contributed by atoms with E-state index in [2.05, 4.69) is 20.8 Å². The van der Waals surface area contributed by atoms with Gasteiger partial charge in [-0.25, -0.2) is 9.48 Å². The Labute approximate surface area is 204 Å². The van der Waals surface area contributed by atoms with Crippen molar-refractivity contribution in [2.24, 2.45) is 5.73 Å². The summed E-state index contributed by atoms with van der Waals surface area (Å²) in [5.41, 5.74) is 5.51. The van der Waals surface area contributed by atoms with Crippen LogP contribution in [0.5, 0.6) is 0 Å². The van der Waals surface area contributed by atoms with E-state index in [1.54, 1.807) is 17.5 Å². The van der Waals surface area contributed by atoms with E-state index in [9.17, 15) is 29.4 Å². The Morgan fingerprint density at radius 1 is 1.38 bits per heavy atom. The third-order valence-corrected chi connectivity index (χ3v) is 8.36. The summed E-state index contributed by atoms with van der Waals surface area (Å²) in [7, 11) is 0. The number of aliphatic carboxylic acids is 1. The maximum Gasteiger partial charge on any atom is 0.352 e. The first-order chi connectivity index (χ1) is 16.3. The van der Waals surface area contributed by atoms with Crippen LogP contribution in [0.3, 0.4) is 0 Å². The monoisotopic (exact) mass is 525 g/mol. The van der Waals surface area contributed by atoms with Gasteiger partial charge in [-0.3, -0.25) is 19.3 Å². The first-order valence-corrected chi connectivity index (χ1v) is 12.8. The third kappa shape index (κ3) is 4.79. The molecule has 5 N–H and O–H groups in total. The Kier molecular flexibility index (Phi) is 7.20. The Hall–Kier alpha value is -2.95. The molecule has 2 unspecified atom stereocenters. The fourth-order valence-corrected chi connectivity index (χ4v) is 6.51. The van der Waals surface area contributed by atoms with Crippen LogP contribution >= 0.6 is 34.9 Å². The van der Waals surface area contributed by atoms with Crippen molar-refractivity contribution in [3.05, 3.63) is 33.7 Å². The first-order valence-electron chi connectivity index (χ1n) is 9.87. The fourth-order valence-electron chi connectivity index (χ4n) is 3.41. The highest BCUT2D eigenvalue weighted by Crippen LogP contribution is 2.41. The lowest BCUT2D eigenvalue weighted by molar-refractivity contribution is -0.151. The van der Waals surface area contributed by atoms with Gasteiger partial charge in [0.1, 0.15) is 17.1 Å². The topological polar surface area (TPSA) is 194 Å². The Bertz CT molecular complexity index is 1150. The summed E-state index contributed by atoms with van der Waals surface area (Å²) in [4.78, 5) is 49.8. The van der Waals surface area contributed by atoms with Gasteiger partial charge in [-0.15, -0.1) is 28.2 Å². The fraction of sp³-hybridized carbons (Fsp3) is 0.389. The normalized spacial score (nSPS) is 20.5. The lowest BCUT2D eigenvalue weighted by atomic mass is 10.0. The molecule has 2 aliphatic rings. The lowest BCUT2D eigenvalue weighted by Gasteiger charge is -2.49. The number of carboxylic acids is 1. The van der Waals surface area contributed by atoms with E-state index in [1.165, 1.54) is 39.5 Å². The predicted octanol–water partition coefficient (Wildman–Crippen LogP) is -0.826. The number of hydrogen-bond donors (Lipinski definition) is 4. The predicted molar refractivity (Wildman–Crippen MR) is 121 cm³/mol. The second-order valence-electron chi connectivity index (χ2n) is 7.26. The smallest absolute Gasteiger partial charge is 0.352 e. The number of β-lactam (4-membered cyclic amide) rings is 1. The molecule has 16 heteroatoms. The van der Waals surface area contributed by atoms with Gasteiger partial charge in [0.25, 0.3) is 11.8 Å². The molecule has 13 nitrogen and oxygen atoms in total. The maximum absolute atomic E-state index is 12.8. The number of hydrogen-bond acceptors (Lipinski definition) is 11. The Balaban J connectivity index is 1.43. The number of tetrazole rings is 1. The average Bonchev–Trinajstić information content (AvgIpc) is 3.50. The van der Waals surface area contributed by atoms with Crippen molar-refractivity contribution in [3.8, 4) is 0 Å². The van der Waals surface area contributed by atoms with Crippen LogP contribution in [0.15, 0.2) is 33.9 Å². The number of aliphatic hydroxyl groups is 1. The second-order valence-corrected chi connectivity index (χ2v) is 10.3. The summed E-state index contributed by atoms with van der Waals surface area (Å²) < 4.78 is 1.40. The Morgan fingerprint density at radius 3 is 2.85 bits per heavy atom. The summed E-state index contributed by atoms with van der Waals surface area (Å²) >= 11 is 3.71. The van der Waals surface area contributed by atoms with E-state index in [1.807, 2.05) is 0 Å². The van der Waals surface area contributed by atoms with E-state index in [0.717, 1.165) is 4.90 Å². The molecule has 34 heavy (non-hydrogen) atoms. The zero-order chi connectivity index (χ0) is 24.4. The molecule has 0 spiro atoms. The molecule has 4 heterocycles. The SMILES string of the molecule is NC(=O)CCn1nnnc1SCC1=C(C(=O)O)N2C(=O)C(NC(=O)C(O)c3cccs3)[C@H]2SC1. The quantitative estimate of drug-likeness (QED) is 0.223. The molecule has 3 atom stereocenters. The molecule has 2 aromatic rings. The van der Waals surface area contributed by atoms with Gasteiger partial charge in [-0.1, -0.05) is 17.8 Å². The minimum Gasteiger partial charge on any atom is -0.477 e. The van der Waals surface area contributed by atoms with Crippen molar-refractivity contribution in [2.45, 2.75) is 35.6 Å². The van der Waals surface area contributed by atoms with Gasteiger partial charge in [0, 0.05) is 22.8 Å². The summed E-state index contributed by atoms with van der Waals surface area (Å²) in [5, 5.41) is 35.3. The van der Waals surface area contributed by atoms with E-state index in [4.69, 9.17) is 5.73 Å². The van der Waals surface area contributed by atoms with Crippen molar-refractivity contribution in [2.75, 3.05) is 11.5 Å². The number of aryl methyl sites for hydroxylation is 1. The molecule has 0 radical (unpaired) electrons. The van der Waals surface area contributed by atoms with Crippen molar-refractivity contribution < 1.29 is 29.4 Å². The molecule has 1 fully saturated rings. The van der Waals surface area contributed by atoms with Crippen LogP contribution in [0, 0.1) is 0 Å². The van der Waals surface area contributed by atoms with Crippen LogP contribution in [0.1, 0.15) is 17.4 Å². The van der Waals surface area contributed by atoms with Crippen LogP contribution in [-0.2, 0) is 25.7 Å². The zero-order valence-corrected chi connectivity index (χ0v) is 19.8. The number of rotatable bonds is 10. The molecule has 3 amide bonds. The van der Waals surface area contributed by atoms with Crippen molar-refractivity contribution in [3.63, 3.8) is 0 Å². The largest absolute Gasteiger partial charge is 0.477 e. The molecule has 0 aliphatic carbocycles. The van der Waals surface area contributed by atoms with Crippen molar-refractivity contribution in [1.29, 1.82) is 0 Å². The van der Waals surface area contributed by atoms with Crippen LogP contribution in [0.2, 0.25) is 0 Å². The van der Waals surface area contributed by atoms with Gasteiger partial charge in [-0.2, -0.15) is 0 Å². The standard InChI is InChI=1S/C18H19N7O6S3/c19-10(26)3-4-24-18(21-22-23-24)34-7-8-6-33-16-11(15(29)25(16)12(8)17(30)31)20-14(28)13(27)9-2-1-5-32-9/h1-2,5,11,13,16,27H,3-4,6-7H2,(H2,19,26)(H,20,28)(H,30,31)/t11?,13?,16-/m1/s1. The summed E-state index contributed by atoms with van der Waals surface area (Å²) in [5.74, 6) is -2.52. The zero-order valence-electron chi connectivity index (χ0n) is 17.4. The highest BCUT2D eigenvalue weighted by atomic mass is 32.2. The number of aromatic nitrogens is 4. The van der Waals surface area contributed by atoms with Gasteiger partial charge in [-0.05, 0) is 27.4 Å². The molecule has 4 rings (SSSR count). The number of carbonyl (C=O) groups is 4. The number of thioether (sulfide) groups is 2. The van der Waals surface area contributed by atoms with Gasteiger partial charge >= 0.3 is 5.97 Å². The number of carbonyl (C=O) groups excluding carboxylic acids is 3. The Morgan fingerprint density at radius 2 is 2.18 bits per heavy atom. The number of carboxylic acid groups (broad SMARTS) is 1. The number of nitrogens with zero attached hydrogens (tertiary/aromatic N) is 5. The highest BCUT2D eigenvalue weighted by molar-refractivity contribution is 8.01. The minimum absolute atomic E-state index is 0.0514. The van der Waals surface area contributed by atoms with Crippen molar-refractivity contribution in [1.82, 2.24) is 30.4 Å². The number of fused-ring (bicyclic) bond motifs is 1.